The molecule has 7 heteroatoms. The fraction of sp³-hybridized carbons (Fsp3) is 0.308. The van der Waals surface area contributed by atoms with Gasteiger partial charge in [-0.2, -0.15) is 4.98 Å². The zero-order chi connectivity index (χ0) is 13.9. The fourth-order valence-electron chi connectivity index (χ4n) is 2.24. The van der Waals surface area contributed by atoms with Gasteiger partial charge in [-0.1, -0.05) is 11.6 Å². The lowest BCUT2D eigenvalue weighted by Crippen LogP contribution is -2.18. The van der Waals surface area contributed by atoms with Crippen molar-refractivity contribution in [2.24, 2.45) is 0 Å². The van der Waals surface area contributed by atoms with Crippen LogP contribution in [0.25, 0.3) is 0 Å². The Morgan fingerprint density at radius 3 is 2.65 bits per heavy atom. The number of pyridine rings is 1. The van der Waals surface area contributed by atoms with Crippen molar-refractivity contribution in [3.8, 4) is 0 Å². The SMILES string of the molecule is Nc1nc(Cl)cc(Nc2ccc(N3CCCC3)nc2)n1. The topological polar surface area (TPSA) is 80.0 Å². The van der Waals surface area contributed by atoms with Gasteiger partial charge in [-0.3, -0.25) is 0 Å². The summed E-state index contributed by atoms with van der Waals surface area (Å²) in [6, 6.07) is 5.58. The molecular weight excluding hydrogens is 276 g/mol. The third-order valence-electron chi connectivity index (χ3n) is 3.16. The minimum Gasteiger partial charge on any atom is -0.368 e. The van der Waals surface area contributed by atoms with E-state index in [0.29, 0.717) is 11.0 Å². The van der Waals surface area contributed by atoms with E-state index in [2.05, 4.69) is 25.2 Å². The largest absolute Gasteiger partial charge is 0.368 e. The molecule has 1 aliphatic heterocycles. The summed E-state index contributed by atoms with van der Waals surface area (Å²) in [6.45, 7) is 2.16. The van der Waals surface area contributed by atoms with Crippen LogP contribution in [0, 0.1) is 0 Å². The highest BCUT2D eigenvalue weighted by Crippen LogP contribution is 2.21. The van der Waals surface area contributed by atoms with E-state index in [-0.39, 0.29) is 5.95 Å². The van der Waals surface area contributed by atoms with Crippen molar-refractivity contribution in [2.45, 2.75) is 12.8 Å². The van der Waals surface area contributed by atoms with E-state index in [9.17, 15) is 0 Å². The molecule has 0 aromatic carbocycles. The van der Waals surface area contributed by atoms with Crippen LogP contribution in [-0.4, -0.2) is 28.0 Å². The maximum absolute atomic E-state index is 5.83. The van der Waals surface area contributed by atoms with Gasteiger partial charge in [-0.05, 0) is 25.0 Å². The van der Waals surface area contributed by atoms with Gasteiger partial charge in [0.05, 0.1) is 11.9 Å². The second-order valence-corrected chi connectivity index (χ2v) is 5.05. The first kappa shape index (κ1) is 12.9. The number of rotatable bonds is 3. The first-order chi connectivity index (χ1) is 9.70. The third-order valence-corrected chi connectivity index (χ3v) is 3.36. The number of nitrogens with two attached hydrogens (primary N) is 1. The fourth-order valence-corrected chi connectivity index (χ4v) is 2.43. The molecule has 3 heterocycles. The number of aromatic nitrogens is 3. The minimum absolute atomic E-state index is 0.140. The van der Waals surface area contributed by atoms with E-state index in [1.165, 1.54) is 12.8 Å². The number of nitrogens with zero attached hydrogens (tertiary/aromatic N) is 4. The molecule has 0 spiro atoms. The lowest BCUT2D eigenvalue weighted by molar-refractivity contribution is 0.938. The molecule has 1 fully saturated rings. The molecule has 1 saturated heterocycles. The lowest BCUT2D eigenvalue weighted by atomic mass is 10.3. The molecule has 0 atom stereocenters. The Hall–Kier alpha value is -2.08. The van der Waals surface area contributed by atoms with E-state index in [1.54, 1.807) is 12.3 Å². The van der Waals surface area contributed by atoms with Crippen molar-refractivity contribution in [1.82, 2.24) is 15.0 Å². The molecule has 0 amide bonds. The summed E-state index contributed by atoms with van der Waals surface area (Å²) in [4.78, 5) is 14.6. The number of hydrogen-bond acceptors (Lipinski definition) is 6. The van der Waals surface area contributed by atoms with Crippen LogP contribution >= 0.6 is 11.6 Å². The number of nitrogen functional groups attached to an aromatic ring is 1. The van der Waals surface area contributed by atoms with Crippen LogP contribution < -0.4 is 16.0 Å². The molecule has 6 nitrogen and oxygen atoms in total. The van der Waals surface area contributed by atoms with Gasteiger partial charge in [0.2, 0.25) is 5.95 Å². The normalized spacial score (nSPS) is 14.6. The average molecular weight is 291 g/mol. The van der Waals surface area contributed by atoms with Gasteiger partial charge in [-0.15, -0.1) is 0 Å². The molecule has 0 radical (unpaired) electrons. The Balaban J connectivity index is 1.74. The van der Waals surface area contributed by atoms with E-state index >= 15 is 0 Å². The van der Waals surface area contributed by atoms with Crippen molar-refractivity contribution in [3.63, 3.8) is 0 Å². The summed E-state index contributed by atoms with van der Waals surface area (Å²) in [7, 11) is 0. The average Bonchev–Trinajstić information content (AvgIpc) is 2.92. The summed E-state index contributed by atoms with van der Waals surface area (Å²) < 4.78 is 0. The molecule has 2 aromatic heterocycles. The van der Waals surface area contributed by atoms with Crippen molar-refractivity contribution in [1.29, 1.82) is 0 Å². The molecule has 0 unspecified atom stereocenters. The van der Waals surface area contributed by atoms with Gasteiger partial charge < -0.3 is 16.0 Å². The van der Waals surface area contributed by atoms with Crippen LogP contribution in [-0.2, 0) is 0 Å². The van der Waals surface area contributed by atoms with E-state index in [4.69, 9.17) is 17.3 Å². The van der Waals surface area contributed by atoms with Crippen LogP contribution in [0.5, 0.6) is 0 Å². The summed E-state index contributed by atoms with van der Waals surface area (Å²) >= 11 is 5.83. The Kier molecular flexibility index (Phi) is 3.56. The zero-order valence-electron chi connectivity index (χ0n) is 10.9. The summed E-state index contributed by atoms with van der Waals surface area (Å²) in [5.74, 6) is 1.70. The molecule has 1 aliphatic rings. The molecule has 3 N–H and O–H groups in total. The van der Waals surface area contributed by atoms with Gasteiger partial charge in [0.15, 0.2) is 0 Å². The predicted octanol–water partition coefficient (Wildman–Crippen LogP) is 2.45. The number of halogens is 1. The number of hydrogen-bond donors (Lipinski definition) is 2. The van der Waals surface area contributed by atoms with Crippen molar-refractivity contribution >= 4 is 34.9 Å². The standard InChI is InChI=1S/C13H15ClN6/c14-10-7-11(19-13(15)18-10)17-9-3-4-12(16-8-9)20-5-1-2-6-20/h3-4,7-8H,1-2,5-6H2,(H3,15,17,18,19). The van der Waals surface area contributed by atoms with Gasteiger partial charge in [-0.25, -0.2) is 9.97 Å². The summed E-state index contributed by atoms with van der Waals surface area (Å²) in [6.07, 6.45) is 4.25. The second-order valence-electron chi connectivity index (χ2n) is 4.66. The van der Waals surface area contributed by atoms with E-state index in [0.717, 1.165) is 24.6 Å². The molecular formula is C13H15ClN6. The van der Waals surface area contributed by atoms with Gasteiger partial charge in [0, 0.05) is 19.2 Å². The van der Waals surface area contributed by atoms with Crippen LogP contribution in [0.4, 0.5) is 23.3 Å². The highest BCUT2D eigenvalue weighted by Gasteiger charge is 2.13. The molecule has 104 valence electrons. The zero-order valence-corrected chi connectivity index (χ0v) is 11.6. The third kappa shape index (κ3) is 2.91. The highest BCUT2D eigenvalue weighted by molar-refractivity contribution is 6.29. The predicted molar refractivity (Wildman–Crippen MR) is 80.4 cm³/mol. The van der Waals surface area contributed by atoms with Crippen molar-refractivity contribution in [3.05, 3.63) is 29.5 Å². The summed E-state index contributed by atoms with van der Waals surface area (Å²) in [5.41, 5.74) is 6.39. The van der Waals surface area contributed by atoms with Gasteiger partial charge >= 0.3 is 0 Å². The Morgan fingerprint density at radius 1 is 1.20 bits per heavy atom. The van der Waals surface area contributed by atoms with Crippen LogP contribution in [0.2, 0.25) is 5.15 Å². The molecule has 0 saturated carbocycles. The highest BCUT2D eigenvalue weighted by atomic mass is 35.5. The van der Waals surface area contributed by atoms with Crippen molar-refractivity contribution < 1.29 is 0 Å². The lowest BCUT2D eigenvalue weighted by Gasteiger charge is -2.16. The minimum atomic E-state index is 0.140. The Morgan fingerprint density at radius 2 is 2.00 bits per heavy atom. The summed E-state index contributed by atoms with van der Waals surface area (Å²) in [5, 5.41) is 3.41. The van der Waals surface area contributed by atoms with E-state index < -0.39 is 0 Å². The van der Waals surface area contributed by atoms with Crippen LogP contribution in [0.15, 0.2) is 24.4 Å². The number of anilines is 4. The molecule has 0 bridgehead atoms. The second kappa shape index (κ2) is 5.50. The first-order valence-electron chi connectivity index (χ1n) is 6.49. The quantitative estimate of drug-likeness (QED) is 0.845. The molecule has 20 heavy (non-hydrogen) atoms. The first-order valence-corrected chi connectivity index (χ1v) is 6.86. The number of nitrogens with one attached hydrogen (secondary N) is 1. The maximum Gasteiger partial charge on any atom is 0.223 e. The molecule has 0 aliphatic carbocycles. The van der Waals surface area contributed by atoms with Gasteiger partial charge in [0.25, 0.3) is 0 Å². The Labute approximate surface area is 122 Å². The molecule has 2 aromatic rings. The van der Waals surface area contributed by atoms with Crippen molar-refractivity contribution in [2.75, 3.05) is 29.0 Å². The smallest absolute Gasteiger partial charge is 0.223 e. The van der Waals surface area contributed by atoms with Gasteiger partial charge in [0.1, 0.15) is 16.8 Å². The van der Waals surface area contributed by atoms with E-state index in [1.807, 2.05) is 12.1 Å². The Bertz CT molecular complexity index is 574. The van der Waals surface area contributed by atoms with Crippen LogP contribution in [0.1, 0.15) is 12.8 Å². The van der Waals surface area contributed by atoms with Crippen LogP contribution in [0.3, 0.4) is 0 Å². The molecule has 3 rings (SSSR count). The maximum atomic E-state index is 5.83. The monoisotopic (exact) mass is 290 g/mol.